The van der Waals surface area contributed by atoms with Crippen molar-refractivity contribution >= 4 is 11.4 Å². The van der Waals surface area contributed by atoms with E-state index in [9.17, 15) is 4.79 Å². The molecule has 2 heterocycles. The van der Waals surface area contributed by atoms with Crippen LogP contribution in [-0.2, 0) is 9.53 Å². The Morgan fingerprint density at radius 1 is 1.29 bits per heavy atom. The number of unbranched alkanes of at least 4 members (excludes halogenated alkanes) is 1. The Kier molecular flexibility index (Phi) is 4.79. The summed E-state index contributed by atoms with van der Waals surface area (Å²) < 4.78 is 11.3. The van der Waals surface area contributed by atoms with Crippen LogP contribution in [0.1, 0.15) is 37.0 Å². The second-order valence-corrected chi connectivity index (χ2v) is 5.62. The molecule has 1 aliphatic rings. The number of nitrogens with zero attached hydrogens (tertiary/aromatic N) is 1. The topological polar surface area (TPSA) is 74.4 Å². The SMILES string of the molecule is CCCCOc1cccc(C2=C(N)OC(c3cccnc3)C2=O)c1. The molecule has 1 aliphatic heterocycles. The molecule has 1 atom stereocenters. The number of carbonyl (C=O) groups excluding carboxylic acids is 1. The van der Waals surface area contributed by atoms with E-state index in [1.54, 1.807) is 24.5 Å². The fraction of sp³-hybridized carbons (Fsp3) is 0.263. The molecule has 1 unspecified atom stereocenters. The maximum Gasteiger partial charge on any atom is 0.214 e. The number of hydrogen-bond acceptors (Lipinski definition) is 5. The molecule has 0 spiro atoms. The first kappa shape index (κ1) is 16.1. The zero-order valence-electron chi connectivity index (χ0n) is 13.6. The molecule has 24 heavy (non-hydrogen) atoms. The highest BCUT2D eigenvalue weighted by molar-refractivity contribution is 6.25. The number of ketones is 1. The van der Waals surface area contributed by atoms with Gasteiger partial charge in [0.15, 0.2) is 12.0 Å². The lowest BCUT2D eigenvalue weighted by atomic mass is 9.98. The predicted molar refractivity (Wildman–Crippen MR) is 91.0 cm³/mol. The van der Waals surface area contributed by atoms with Gasteiger partial charge in [-0.15, -0.1) is 0 Å². The van der Waals surface area contributed by atoms with Gasteiger partial charge in [0.25, 0.3) is 0 Å². The van der Waals surface area contributed by atoms with Crippen LogP contribution in [0.3, 0.4) is 0 Å². The maximum absolute atomic E-state index is 12.8. The van der Waals surface area contributed by atoms with Gasteiger partial charge >= 0.3 is 0 Å². The molecule has 0 fully saturated rings. The Balaban J connectivity index is 1.83. The fourth-order valence-electron chi connectivity index (χ4n) is 2.60. The predicted octanol–water partition coefficient (Wildman–Crippen LogP) is 3.23. The molecule has 1 aromatic carbocycles. The summed E-state index contributed by atoms with van der Waals surface area (Å²) >= 11 is 0. The van der Waals surface area contributed by atoms with Gasteiger partial charge in [-0.2, -0.15) is 0 Å². The number of aromatic nitrogens is 1. The second-order valence-electron chi connectivity index (χ2n) is 5.62. The van der Waals surface area contributed by atoms with Crippen molar-refractivity contribution in [3.63, 3.8) is 0 Å². The Labute approximate surface area is 141 Å². The number of benzene rings is 1. The highest BCUT2D eigenvalue weighted by Crippen LogP contribution is 2.36. The number of pyridine rings is 1. The average molecular weight is 324 g/mol. The normalized spacial score (nSPS) is 17.0. The summed E-state index contributed by atoms with van der Waals surface area (Å²) in [5, 5.41) is 0. The van der Waals surface area contributed by atoms with Crippen LogP contribution in [0.5, 0.6) is 5.75 Å². The molecule has 5 heteroatoms. The lowest BCUT2D eigenvalue weighted by molar-refractivity contribution is -0.120. The van der Waals surface area contributed by atoms with E-state index < -0.39 is 6.10 Å². The summed E-state index contributed by atoms with van der Waals surface area (Å²) in [4.78, 5) is 16.8. The summed E-state index contributed by atoms with van der Waals surface area (Å²) in [5.74, 6) is 0.699. The Bertz CT molecular complexity index is 756. The second kappa shape index (κ2) is 7.17. The number of hydrogen-bond donors (Lipinski definition) is 1. The van der Waals surface area contributed by atoms with Crippen molar-refractivity contribution in [1.82, 2.24) is 4.98 Å². The minimum absolute atomic E-state index is 0.138. The third-order valence-electron chi connectivity index (χ3n) is 3.85. The summed E-state index contributed by atoms with van der Waals surface area (Å²) in [6.45, 7) is 2.76. The van der Waals surface area contributed by atoms with Gasteiger partial charge in [-0.25, -0.2) is 0 Å². The average Bonchev–Trinajstić information content (AvgIpc) is 2.91. The number of rotatable bonds is 6. The van der Waals surface area contributed by atoms with Gasteiger partial charge in [0.05, 0.1) is 12.2 Å². The first-order valence-corrected chi connectivity index (χ1v) is 8.04. The summed E-state index contributed by atoms with van der Waals surface area (Å²) in [5.41, 5.74) is 7.77. The van der Waals surface area contributed by atoms with Crippen LogP contribution in [0.15, 0.2) is 54.7 Å². The number of nitrogens with two attached hydrogens (primary N) is 1. The van der Waals surface area contributed by atoms with Crippen LogP contribution in [0, 0.1) is 0 Å². The number of Topliss-reactive ketones (excluding diaryl/α,β-unsaturated/α-hetero) is 1. The molecule has 0 amide bonds. The van der Waals surface area contributed by atoms with E-state index in [1.165, 1.54) is 0 Å². The zero-order valence-corrected chi connectivity index (χ0v) is 13.6. The molecule has 124 valence electrons. The minimum atomic E-state index is -0.738. The van der Waals surface area contributed by atoms with E-state index in [0.717, 1.165) is 18.6 Å². The Morgan fingerprint density at radius 3 is 2.92 bits per heavy atom. The molecule has 0 radical (unpaired) electrons. The molecule has 2 N–H and O–H groups in total. The number of ether oxygens (including phenoxy) is 2. The highest BCUT2D eigenvalue weighted by Gasteiger charge is 2.36. The molecule has 0 saturated heterocycles. The Hall–Kier alpha value is -2.82. The van der Waals surface area contributed by atoms with Crippen molar-refractivity contribution < 1.29 is 14.3 Å². The van der Waals surface area contributed by atoms with Crippen LogP contribution in [0.2, 0.25) is 0 Å². The van der Waals surface area contributed by atoms with E-state index in [1.807, 2.05) is 24.3 Å². The van der Waals surface area contributed by atoms with Crippen molar-refractivity contribution in [2.45, 2.75) is 25.9 Å². The van der Waals surface area contributed by atoms with Gasteiger partial charge in [-0.3, -0.25) is 9.78 Å². The number of carbonyl (C=O) groups is 1. The van der Waals surface area contributed by atoms with Crippen LogP contribution < -0.4 is 10.5 Å². The fourth-order valence-corrected chi connectivity index (χ4v) is 2.60. The molecule has 1 aromatic heterocycles. The lowest BCUT2D eigenvalue weighted by Gasteiger charge is -2.09. The summed E-state index contributed by atoms with van der Waals surface area (Å²) in [6.07, 6.45) is 4.58. The Morgan fingerprint density at radius 2 is 2.17 bits per heavy atom. The summed E-state index contributed by atoms with van der Waals surface area (Å²) in [6, 6.07) is 10.9. The van der Waals surface area contributed by atoms with E-state index in [0.29, 0.717) is 23.3 Å². The van der Waals surface area contributed by atoms with E-state index in [2.05, 4.69) is 11.9 Å². The molecule has 3 rings (SSSR count). The molecule has 5 nitrogen and oxygen atoms in total. The van der Waals surface area contributed by atoms with Gasteiger partial charge in [0.2, 0.25) is 5.78 Å². The van der Waals surface area contributed by atoms with Gasteiger partial charge in [-0.05, 0) is 30.2 Å². The maximum atomic E-state index is 12.8. The van der Waals surface area contributed by atoms with Crippen molar-refractivity contribution in [3.05, 3.63) is 65.8 Å². The molecule has 0 bridgehead atoms. The summed E-state index contributed by atoms with van der Waals surface area (Å²) in [7, 11) is 0. The minimum Gasteiger partial charge on any atom is -0.494 e. The smallest absolute Gasteiger partial charge is 0.214 e. The van der Waals surface area contributed by atoms with E-state index in [-0.39, 0.29) is 11.7 Å². The van der Waals surface area contributed by atoms with Crippen molar-refractivity contribution in [3.8, 4) is 5.75 Å². The lowest BCUT2D eigenvalue weighted by Crippen LogP contribution is -2.10. The molecule has 2 aromatic rings. The largest absolute Gasteiger partial charge is 0.494 e. The van der Waals surface area contributed by atoms with Gasteiger partial charge in [-0.1, -0.05) is 31.5 Å². The standard InChI is InChI=1S/C19H20N2O3/c1-2-3-10-23-15-8-4-6-13(11-15)16-17(22)18(24-19(16)20)14-7-5-9-21-12-14/h4-9,11-12,18H,2-3,10,20H2,1H3. The third kappa shape index (κ3) is 3.25. The van der Waals surface area contributed by atoms with Gasteiger partial charge < -0.3 is 15.2 Å². The third-order valence-corrected chi connectivity index (χ3v) is 3.85. The van der Waals surface area contributed by atoms with Crippen molar-refractivity contribution in [1.29, 1.82) is 0 Å². The van der Waals surface area contributed by atoms with Crippen LogP contribution >= 0.6 is 0 Å². The molecular formula is C19H20N2O3. The quantitative estimate of drug-likeness (QED) is 0.826. The molecule has 0 aliphatic carbocycles. The zero-order chi connectivity index (χ0) is 16.9. The molecular weight excluding hydrogens is 304 g/mol. The first-order chi connectivity index (χ1) is 11.7. The highest BCUT2D eigenvalue weighted by atomic mass is 16.5. The van der Waals surface area contributed by atoms with E-state index in [4.69, 9.17) is 15.2 Å². The van der Waals surface area contributed by atoms with Crippen molar-refractivity contribution in [2.24, 2.45) is 5.73 Å². The first-order valence-electron chi connectivity index (χ1n) is 8.04. The van der Waals surface area contributed by atoms with Crippen molar-refractivity contribution in [2.75, 3.05) is 6.61 Å². The van der Waals surface area contributed by atoms with Gasteiger partial charge in [0.1, 0.15) is 5.75 Å². The van der Waals surface area contributed by atoms with Crippen LogP contribution in [-0.4, -0.2) is 17.4 Å². The van der Waals surface area contributed by atoms with Crippen LogP contribution in [0.4, 0.5) is 0 Å². The van der Waals surface area contributed by atoms with Crippen LogP contribution in [0.25, 0.3) is 5.57 Å². The van der Waals surface area contributed by atoms with Gasteiger partial charge in [0, 0.05) is 18.0 Å². The monoisotopic (exact) mass is 324 g/mol. The van der Waals surface area contributed by atoms with E-state index >= 15 is 0 Å². The molecule has 0 saturated carbocycles.